The van der Waals surface area contributed by atoms with E-state index in [4.69, 9.17) is 0 Å². The number of hydrogen-bond acceptors (Lipinski definition) is 4. The SMILES string of the molecule is O=C(CCn1ccnc1)CC(=O)CCn1ccnc1. The molecule has 0 saturated carbocycles. The van der Waals surface area contributed by atoms with E-state index in [0.717, 1.165) is 0 Å². The van der Waals surface area contributed by atoms with E-state index in [1.807, 2.05) is 9.13 Å². The third-order valence-electron chi connectivity index (χ3n) is 2.81. The molecule has 0 aliphatic rings. The Kier molecular flexibility index (Phi) is 4.60. The predicted molar refractivity (Wildman–Crippen MR) is 68.3 cm³/mol. The lowest BCUT2D eigenvalue weighted by molar-refractivity contribution is -0.127. The van der Waals surface area contributed by atoms with Crippen LogP contribution in [0.4, 0.5) is 0 Å². The van der Waals surface area contributed by atoms with Gasteiger partial charge in [0.15, 0.2) is 0 Å². The molecule has 2 aromatic rings. The van der Waals surface area contributed by atoms with Gasteiger partial charge in [-0.25, -0.2) is 9.97 Å². The molecule has 2 heterocycles. The van der Waals surface area contributed by atoms with Crippen LogP contribution in [0.2, 0.25) is 0 Å². The van der Waals surface area contributed by atoms with E-state index >= 15 is 0 Å². The van der Waals surface area contributed by atoms with Crippen molar-refractivity contribution in [1.29, 1.82) is 0 Å². The summed E-state index contributed by atoms with van der Waals surface area (Å²) < 4.78 is 3.65. The van der Waals surface area contributed by atoms with Crippen molar-refractivity contribution in [2.45, 2.75) is 32.4 Å². The number of carbonyl (C=O) groups excluding carboxylic acids is 2. The Hall–Kier alpha value is -2.24. The molecule has 100 valence electrons. The minimum Gasteiger partial charge on any atom is -0.337 e. The lowest BCUT2D eigenvalue weighted by Gasteiger charge is -2.03. The molecule has 0 amide bonds. The molecule has 2 rings (SSSR count). The van der Waals surface area contributed by atoms with Crippen LogP contribution in [-0.2, 0) is 22.7 Å². The van der Waals surface area contributed by atoms with E-state index in [0.29, 0.717) is 25.9 Å². The van der Waals surface area contributed by atoms with Gasteiger partial charge in [-0.1, -0.05) is 0 Å². The number of nitrogens with zero attached hydrogens (tertiary/aromatic N) is 4. The van der Waals surface area contributed by atoms with Gasteiger partial charge in [0.2, 0.25) is 0 Å². The van der Waals surface area contributed by atoms with Gasteiger partial charge in [-0.05, 0) is 0 Å². The second-order valence-electron chi connectivity index (χ2n) is 4.36. The lowest BCUT2D eigenvalue weighted by Crippen LogP contribution is -2.12. The fraction of sp³-hybridized carbons (Fsp3) is 0.385. The normalized spacial score (nSPS) is 10.5. The van der Waals surface area contributed by atoms with Gasteiger partial charge in [-0.2, -0.15) is 0 Å². The number of aryl methyl sites for hydroxylation is 2. The molecule has 0 bridgehead atoms. The molecule has 0 radical (unpaired) electrons. The van der Waals surface area contributed by atoms with Crippen LogP contribution in [0.1, 0.15) is 19.3 Å². The van der Waals surface area contributed by atoms with Crippen molar-refractivity contribution in [2.24, 2.45) is 0 Å². The van der Waals surface area contributed by atoms with Crippen LogP contribution in [0.25, 0.3) is 0 Å². The highest BCUT2D eigenvalue weighted by atomic mass is 16.1. The molecular weight excluding hydrogens is 244 g/mol. The van der Waals surface area contributed by atoms with Crippen molar-refractivity contribution < 1.29 is 9.59 Å². The van der Waals surface area contributed by atoms with Gasteiger partial charge in [-0.3, -0.25) is 9.59 Å². The fourth-order valence-corrected chi connectivity index (χ4v) is 1.74. The second kappa shape index (κ2) is 6.63. The Balaban J connectivity index is 1.65. The average molecular weight is 260 g/mol. The summed E-state index contributed by atoms with van der Waals surface area (Å²) in [6.07, 6.45) is 11.0. The van der Waals surface area contributed by atoms with E-state index in [-0.39, 0.29) is 18.0 Å². The number of imidazole rings is 2. The third-order valence-corrected chi connectivity index (χ3v) is 2.81. The van der Waals surface area contributed by atoms with E-state index in [1.165, 1.54) is 0 Å². The van der Waals surface area contributed by atoms with Gasteiger partial charge in [0, 0.05) is 50.7 Å². The first-order chi connectivity index (χ1) is 9.24. The molecule has 0 fully saturated rings. The van der Waals surface area contributed by atoms with Crippen LogP contribution in [-0.4, -0.2) is 30.7 Å². The Bertz CT molecular complexity index is 469. The lowest BCUT2D eigenvalue weighted by atomic mass is 10.1. The maximum atomic E-state index is 11.6. The quantitative estimate of drug-likeness (QED) is 0.666. The molecule has 0 aromatic carbocycles. The topological polar surface area (TPSA) is 69.8 Å². The van der Waals surface area contributed by atoms with Gasteiger partial charge in [-0.15, -0.1) is 0 Å². The van der Waals surface area contributed by atoms with Crippen molar-refractivity contribution in [2.75, 3.05) is 0 Å². The van der Waals surface area contributed by atoms with Crippen molar-refractivity contribution in [3.8, 4) is 0 Å². The summed E-state index contributed by atoms with van der Waals surface area (Å²) in [5.74, 6) is -0.0475. The summed E-state index contributed by atoms with van der Waals surface area (Å²) in [4.78, 5) is 31.1. The molecule has 0 N–H and O–H groups in total. The average Bonchev–Trinajstić information content (AvgIpc) is 3.07. The highest BCUT2D eigenvalue weighted by molar-refractivity contribution is 5.98. The van der Waals surface area contributed by atoms with Crippen LogP contribution in [0.15, 0.2) is 37.4 Å². The van der Waals surface area contributed by atoms with E-state index in [9.17, 15) is 9.59 Å². The minimum atomic E-state index is -0.0238. The van der Waals surface area contributed by atoms with Crippen molar-refractivity contribution >= 4 is 11.6 Å². The van der Waals surface area contributed by atoms with Gasteiger partial charge in [0.1, 0.15) is 11.6 Å². The number of aromatic nitrogens is 4. The number of carbonyl (C=O) groups is 2. The van der Waals surface area contributed by atoms with Gasteiger partial charge < -0.3 is 9.13 Å². The standard InChI is InChI=1S/C13H16N4O2/c18-12(1-5-16-7-3-14-10-16)9-13(19)2-6-17-8-4-15-11-17/h3-4,7-8,10-11H,1-2,5-6,9H2. The largest absolute Gasteiger partial charge is 0.337 e. The fourth-order valence-electron chi connectivity index (χ4n) is 1.74. The Morgan fingerprint density at radius 1 is 0.842 bits per heavy atom. The van der Waals surface area contributed by atoms with E-state index < -0.39 is 0 Å². The predicted octanol–water partition coefficient (Wildman–Crippen LogP) is 1.09. The van der Waals surface area contributed by atoms with Gasteiger partial charge >= 0.3 is 0 Å². The van der Waals surface area contributed by atoms with E-state index in [1.54, 1.807) is 37.4 Å². The zero-order valence-corrected chi connectivity index (χ0v) is 10.6. The smallest absolute Gasteiger partial charge is 0.142 e. The van der Waals surface area contributed by atoms with E-state index in [2.05, 4.69) is 9.97 Å². The first-order valence-corrected chi connectivity index (χ1v) is 6.19. The van der Waals surface area contributed by atoms with Crippen LogP contribution in [0.5, 0.6) is 0 Å². The number of ketones is 2. The number of hydrogen-bond donors (Lipinski definition) is 0. The summed E-state index contributed by atoms with van der Waals surface area (Å²) in [6, 6.07) is 0. The minimum absolute atomic E-state index is 0.0173. The monoisotopic (exact) mass is 260 g/mol. The van der Waals surface area contributed by atoms with Crippen LogP contribution >= 0.6 is 0 Å². The Morgan fingerprint density at radius 3 is 1.68 bits per heavy atom. The van der Waals surface area contributed by atoms with Crippen molar-refractivity contribution in [3.63, 3.8) is 0 Å². The third kappa shape index (κ3) is 4.50. The first kappa shape index (κ1) is 13.2. The summed E-state index contributed by atoms with van der Waals surface area (Å²) in [5.41, 5.74) is 0. The van der Waals surface area contributed by atoms with Crippen molar-refractivity contribution in [3.05, 3.63) is 37.4 Å². The zero-order valence-electron chi connectivity index (χ0n) is 10.6. The molecule has 0 saturated heterocycles. The maximum Gasteiger partial charge on any atom is 0.142 e. The molecular formula is C13H16N4O2. The number of rotatable bonds is 8. The van der Waals surface area contributed by atoms with Gasteiger partial charge in [0.05, 0.1) is 19.1 Å². The molecule has 2 aromatic heterocycles. The summed E-state index contributed by atoms with van der Waals surface area (Å²) >= 11 is 0. The molecule has 6 nitrogen and oxygen atoms in total. The highest BCUT2D eigenvalue weighted by Gasteiger charge is 2.09. The first-order valence-electron chi connectivity index (χ1n) is 6.19. The zero-order chi connectivity index (χ0) is 13.5. The van der Waals surface area contributed by atoms with Crippen molar-refractivity contribution in [1.82, 2.24) is 19.1 Å². The second-order valence-corrected chi connectivity index (χ2v) is 4.36. The maximum absolute atomic E-state index is 11.6. The summed E-state index contributed by atoms with van der Waals surface area (Å²) in [5, 5.41) is 0. The Labute approximate surface area is 111 Å². The Morgan fingerprint density at radius 2 is 1.32 bits per heavy atom. The highest BCUT2D eigenvalue weighted by Crippen LogP contribution is 2.00. The molecule has 0 atom stereocenters. The summed E-state index contributed by atoms with van der Waals surface area (Å²) in [6.45, 7) is 1.15. The summed E-state index contributed by atoms with van der Waals surface area (Å²) in [7, 11) is 0. The molecule has 0 aliphatic carbocycles. The van der Waals surface area contributed by atoms with Gasteiger partial charge in [0.25, 0.3) is 0 Å². The van der Waals surface area contributed by atoms with Crippen LogP contribution in [0.3, 0.4) is 0 Å². The molecule has 0 spiro atoms. The number of Topliss-reactive ketones (excluding diaryl/α,β-unsaturated/α-hetero) is 2. The molecule has 0 unspecified atom stereocenters. The van der Waals surface area contributed by atoms with Crippen LogP contribution in [0, 0.1) is 0 Å². The molecule has 19 heavy (non-hydrogen) atoms. The molecule has 6 heteroatoms. The molecule has 0 aliphatic heterocycles. The van der Waals surface area contributed by atoms with Crippen LogP contribution < -0.4 is 0 Å².